The Labute approximate surface area is 160 Å². The second kappa shape index (κ2) is 6.98. The van der Waals surface area contributed by atoms with Gasteiger partial charge in [-0.05, 0) is 38.2 Å². The van der Waals surface area contributed by atoms with E-state index in [1.807, 2.05) is 25.7 Å². The van der Waals surface area contributed by atoms with Gasteiger partial charge in [0.25, 0.3) is 5.56 Å². The normalized spacial score (nSPS) is 23.6. The molecule has 0 saturated carbocycles. The van der Waals surface area contributed by atoms with E-state index < -0.39 is 0 Å². The molecule has 4 rings (SSSR count). The van der Waals surface area contributed by atoms with Gasteiger partial charge in [0.2, 0.25) is 5.91 Å². The minimum Gasteiger partial charge on any atom is -0.341 e. The second-order valence-electron chi connectivity index (χ2n) is 7.35. The average molecular weight is 393 g/mol. The predicted octanol–water partition coefficient (Wildman–Crippen LogP) is 1.90. The van der Waals surface area contributed by atoms with Crippen molar-refractivity contribution in [3.8, 4) is 0 Å². The highest BCUT2D eigenvalue weighted by molar-refractivity contribution is 7.99. The molecule has 8 heteroatoms. The maximum absolute atomic E-state index is 12.7. The maximum atomic E-state index is 12.7. The van der Waals surface area contributed by atoms with E-state index in [1.54, 1.807) is 23.1 Å². The molecule has 4 heterocycles. The van der Waals surface area contributed by atoms with Gasteiger partial charge in [-0.3, -0.25) is 9.59 Å². The molecule has 2 saturated heterocycles. The molecule has 2 N–H and O–H groups in total. The second-order valence-corrected chi connectivity index (χ2v) is 9.88. The van der Waals surface area contributed by atoms with Crippen LogP contribution in [0.5, 0.6) is 0 Å². The molecular formula is C18H24N4O2S2. The zero-order valence-corrected chi connectivity index (χ0v) is 16.9. The number of amides is 1. The summed E-state index contributed by atoms with van der Waals surface area (Å²) < 4.78 is 0. The minimum absolute atomic E-state index is 0.0775. The van der Waals surface area contributed by atoms with Crippen LogP contribution >= 0.6 is 23.1 Å². The van der Waals surface area contributed by atoms with Crippen LogP contribution < -0.4 is 10.9 Å². The van der Waals surface area contributed by atoms with E-state index in [0.29, 0.717) is 28.8 Å². The molecule has 2 aromatic heterocycles. The summed E-state index contributed by atoms with van der Waals surface area (Å²) in [6, 6.07) is 0. The Morgan fingerprint density at radius 1 is 1.35 bits per heavy atom. The molecule has 2 fully saturated rings. The third kappa shape index (κ3) is 3.18. The zero-order chi connectivity index (χ0) is 18.4. The number of nitrogens with zero attached hydrogens (tertiary/aromatic N) is 2. The fourth-order valence-corrected chi connectivity index (χ4v) is 5.82. The van der Waals surface area contributed by atoms with Crippen molar-refractivity contribution in [3.05, 3.63) is 26.6 Å². The number of carbonyl (C=O) groups excluding carboxylic acids is 1. The highest BCUT2D eigenvalue weighted by atomic mass is 32.2. The first-order valence-corrected chi connectivity index (χ1v) is 10.9. The van der Waals surface area contributed by atoms with E-state index in [1.165, 1.54) is 0 Å². The fourth-order valence-electron chi connectivity index (χ4n) is 3.94. The van der Waals surface area contributed by atoms with E-state index >= 15 is 0 Å². The third-order valence-electron chi connectivity index (χ3n) is 5.61. The largest absolute Gasteiger partial charge is 0.341 e. The lowest BCUT2D eigenvalue weighted by molar-refractivity contribution is -0.129. The van der Waals surface area contributed by atoms with Gasteiger partial charge in [0.15, 0.2) is 0 Å². The Bertz CT molecular complexity index is 894. The van der Waals surface area contributed by atoms with E-state index in [2.05, 4.69) is 15.3 Å². The van der Waals surface area contributed by atoms with Crippen molar-refractivity contribution >= 4 is 39.2 Å². The van der Waals surface area contributed by atoms with Crippen molar-refractivity contribution in [3.63, 3.8) is 0 Å². The molecule has 1 amide bonds. The Morgan fingerprint density at radius 3 is 2.73 bits per heavy atom. The van der Waals surface area contributed by atoms with Crippen molar-refractivity contribution in [1.29, 1.82) is 0 Å². The van der Waals surface area contributed by atoms with Gasteiger partial charge in [0, 0.05) is 31.1 Å². The summed E-state index contributed by atoms with van der Waals surface area (Å²) in [6.45, 7) is 9.72. The van der Waals surface area contributed by atoms with Crippen LogP contribution in [0.2, 0.25) is 0 Å². The molecule has 0 spiro atoms. The highest BCUT2D eigenvalue weighted by Gasteiger charge is 2.39. The van der Waals surface area contributed by atoms with Gasteiger partial charge in [-0.25, -0.2) is 4.98 Å². The lowest BCUT2D eigenvalue weighted by Gasteiger charge is -2.21. The number of H-pyrrole nitrogens is 1. The summed E-state index contributed by atoms with van der Waals surface area (Å²) in [5, 5.41) is 3.97. The van der Waals surface area contributed by atoms with Crippen LogP contribution in [0.4, 0.5) is 0 Å². The van der Waals surface area contributed by atoms with Crippen LogP contribution in [0.15, 0.2) is 4.79 Å². The molecule has 0 radical (unpaired) electrons. The molecule has 140 valence electrons. The Balaban J connectivity index is 1.41. The maximum Gasteiger partial charge on any atom is 0.259 e. The summed E-state index contributed by atoms with van der Waals surface area (Å²) in [4.78, 5) is 36.5. The lowest BCUT2D eigenvalue weighted by Crippen LogP contribution is -2.36. The fraction of sp³-hybridized carbons (Fsp3) is 0.611. The molecule has 6 nitrogen and oxygen atoms in total. The summed E-state index contributed by atoms with van der Waals surface area (Å²) in [6.07, 6.45) is 0. The SMILES string of the molecule is Cc1sc2nc(CSC(C)C(=O)N3C[C@H]4CNC[C@H]4C3)[nH]c(=O)c2c1C. The molecule has 2 aliphatic rings. The van der Waals surface area contributed by atoms with Gasteiger partial charge in [0.05, 0.1) is 16.4 Å². The number of carbonyl (C=O) groups is 1. The van der Waals surface area contributed by atoms with E-state index in [9.17, 15) is 9.59 Å². The minimum atomic E-state index is -0.130. The standard InChI is InChI=1S/C18H24N4O2S2/c1-9-10(2)26-17-15(9)16(23)20-14(21-17)8-25-11(3)18(24)22-6-12-4-19-5-13(12)7-22/h11-13,19H,4-8H2,1-3H3,(H,20,21,23)/t11?,12-,13+. The molecule has 0 aromatic carbocycles. The zero-order valence-electron chi connectivity index (χ0n) is 15.3. The van der Waals surface area contributed by atoms with Gasteiger partial charge < -0.3 is 15.2 Å². The molecule has 26 heavy (non-hydrogen) atoms. The first kappa shape index (κ1) is 18.0. The first-order valence-electron chi connectivity index (χ1n) is 9.04. The number of thiophene rings is 1. The lowest BCUT2D eigenvalue weighted by atomic mass is 10.0. The van der Waals surface area contributed by atoms with Gasteiger partial charge in [0.1, 0.15) is 10.7 Å². The van der Waals surface area contributed by atoms with E-state index in [4.69, 9.17) is 0 Å². The summed E-state index contributed by atoms with van der Waals surface area (Å²) >= 11 is 3.10. The third-order valence-corrected chi connectivity index (χ3v) is 7.85. The molecule has 2 aliphatic heterocycles. The topological polar surface area (TPSA) is 78.1 Å². The van der Waals surface area contributed by atoms with Gasteiger partial charge >= 0.3 is 0 Å². The number of likely N-dealkylation sites (tertiary alicyclic amines) is 1. The summed E-state index contributed by atoms with van der Waals surface area (Å²) in [5.41, 5.74) is 0.932. The number of hydrogen-bond donors (Lipinski definition) is 2. The van der Waals surface area contributed by atoms with E-state index in [-0.39, 0.29) is 16.7 Å². The Kier molecular flexibility index (Phi) is 4.83. The van der Waals surface area contributed by atoms with Crippen LogP contribution in [0.3, 0.4) is 0 Å². The number of aryl methyl sites for hydroxylation is 2. The number of rotatable bonds is 4. The van der Waals surface area contributed by atoms with Crippen LogP contribution in [0, 0.1) is 25.7 Å². The Hall–Kier alpha value is -1.38. The van der Waals surface area contributed by atoms with Crippen molar-refractivity contribution in [2.45, 2.75) is 31.8 Å². The monoisotopic (exact) mass is 392 g/mol. The van der Waals surface area contributed by atoms with Gasteiger partial charge in [-0.1, -0.05) is 0 Å². The van der Waals surface area contributed by atoms with Gasteiger partial charge in [-0.15, -0.1) is 23.1 Å². The van der Waals surface area contributed by atoms with Crippen LogP contribution in [0.25, 0.3) is 10.2 Å². The van der Waals surface area contributed by atoms with Crippen LogP contribution in [0.1, 0.15) is 23.2 Å². The van der Waals surface area contributed by atoms with E-state index in [0.717, 1.165) is 41.5 Å². The molecule has 3 atom stereocenters. The molecule has 2 aromatic rings. The smallest absolute Gasteiger partial charge is 0.259 e. The number of fused-ring (bicyclic) bond motifs is 2. The molecular weight excluding hydrogens is 368 g/mol. The highest BCUT2D eigenvalue weighted by Crippen LogP contribution is 2.29. The number of nitrogens with one attached hydrogen (secondary N) is 2. The van der Waals surface area contributed by atoms with Crippen LogP contribution in [-0.4, -0.2) is 52.2 Å². The molecule has 0 aliphatic carbocycles. The van der Waals surface area contributed by atoms with Gasteiger partial charge in [-0.2, -0.15) is 0 Å². The molecule has 1 unspecified atom stereocenters. The summed E-state index contributed by atoms with van der Waals surface area (Å²) in [5.74, 6) is 2.62. The number of hydrogen-bond acceptors (Lipinski definition) is 6. The van der Waals surface area contributed by atoms with Crippen molar-refractivity contribution in [1.82, 2.24) is 20.2 Å². The number of thioether (sulfide) groups is 1. The van der Waals surface area contributed by atoms with Crippen LogP contribution in [-0.2, 0) is 10.5 Å². The van der Waals surface area contributed by atoms with Crippen molar-refractivity contribution in [2.75, 3.05) is 26.2 Å². The average Bonchev–Trinajstić information content (AvgIpc) is 3.26. The van der Waals surface area contributed by atoms with Crippen molar-refractivity contribution < 1.29 is 4.79 Å². The summed E-state index contributed by atoms with van der Waals surface area (Å²) in [7, 11) is 0. The molecule has 0 bridgehead atoms. The first-order chi connectivity index (χ1) is 12.4. The van der Waals surface area contributed by atoms with Crippen molar-refractivity contribution in [2.24, 2.45) is 11.8 Å². The predicted molar refractivity (Wildman–Crippen MR) is 107 cm³/mol. The number of aromatic nitrogens is 2. The quantitative estimate of drug-likeness (QED) is 0.831. The Morgan fingerprint density at radius 2 is 2.04 bits per heavy atom. The number of aromatic amines is 1.